The van der Waals surface area contributed by atoms with Gasteiger partial charge in [0.15, 0.2) is 5.82 Å². The monoisotopic (exact) mass is 291 g/mol. The fourth-order valence-electron chi connectivity index (χ4n) is 2.32. The predicted molar refractivity (Wildman–Crippen MR) is 82.3 cm³/mol. The molecular formula is C15H18ClN3O. The zero-order valence-electron chi connectivity index (χ0n) is 12.1. The Morgan fingerprint density at radius 3 is 2.50 bits per heavy atom. The van der Waals surface area contributed by atoms with Gasteiger partial charge in [0.1, 0.15) is 11.6 Å². The molecule has 0 unspecified atom stereocenters. The van der Waals surface area contributed by atoms with Gasteiger partial charge in [-0.25, -0.2) is 9.97 Å². The van der Waals surface area contributed by atoms with Gasteiger partial charge in [-0.3, -0.25) is 0 Å². The van der Waals surface area contributed by atoms with E-state index in [0.717, 1.165) is 11.3 Å². The number of nitrogen functional groups attached to an aromatic ring is 1. The maximum atomic E-state index is 6.25. The van der Waals surface area contributed by atoms with Crippen LogP contribution in [-0.2, 0) is 0 Å². The van der Waals surface area contributed by atoms with Crippen molar-refractivity contribution < 1.29 is 4.74 Å². The summed E-state index contributed by atoms with van der Waals surface area (Å²) >= 11 is 6.25. The van der Waals surface area contributed by atoms with Crippen LogP contribution in [0.15, 0.2) is 18.2 Å². The summed E-state index contributed by atoms with van der Waals surface area (Å²) in [5, 5.41) is 0.542. The third kappa shape index (κ3) is 2.56. The lowest BCUT2D eigenvalue weighted by Crippen LogP contribution is -2.07. The van der Waals surface area contributed by atoms with Crippen molar-refractivity contribution in [3.8, 4) is 17.1 Å². The van der Waals surface area contributed by atoms with Gasteiger partial charge in [0, 0.05) is 11.3 Å². The maximum Gasteiger partial charge on any atom is 0.167 e. The molecule has 0 aliphatic heterocycles. The lowest BCUT2D eigenvalue weighted by Gasteiger charge is -2.15. The number of ether oxygens (including phenoxy) is 1. The molecule has 106 valence electrons. The number of rotatable bonds is 3. The minimum absolute atomic E-state index is 0.275. The summed E-state index contributed by atoms with van der Waals surface area (Å²) < 4.78 is 5.33. The molecule has 0 saturated carbocycles. The van der Waals surface area contributed by atoms with Crippen molar-refractivity contribution >= 4 is 17.4 Å². The van der Waals surface area contributed by atoms with Crippen LogP contribution < -0.4 is 10.5 Å². The van der Waals surface area contributed by atoms with E-state index in [1.54, 1.807) is 13.2 Å². The number of hydrogen-bond acceptors (Lipinski definition) is 4. The summed E-state index contributed by atoms with van der Waals surface area (Å²) in [5.41, 5.74) is 8.57. The van der Waals surface area contributed by atoms with Crippen molar-refractivity contribution in [3.63, 3.8) is 0 Å². The molecule has 0 fully saturated rings. The van der Waals surface area contributed by atoms with E-state index < -0.39 is 0 Å². The quantitative estimate of drug-likeness (QED) is 0.934. The number of aryl methyl sites for hydroxylation is 1. The second-order valence-electron chi connectivity index (χ2n) is 4.90. The van der Waals surface area contributed by atoms with Crippen molar-refractivity contribution in [2.24, 2.45) is 0 Å². The first-order chi connectivity index (χ1) is 9.45. The van der Waals surface area contributed by atoms with Gasteiger partial charge in [-0.1, -0.05) is 31.5 Å². The van der Waals surface area contributed by atoms with Crippen LogP contribution in [0.1, 0.15) is 31.0 Å². The lowest BCUT2D eigenvalue weighted by atomic mass is 10.0. The molecule has 0 aliphatic carbocycles. The number of halogens is 1. The minimum atomic E-state index is 0.275. The standard InChI is InChI=1S/C15H18ClN3O/c1-8(2)12-9(3)18-15(19-14(12)17)13-10(16)6-5-7-11(13)20-4/h5-8H,1-4H3,(H2,17,18,19). The van der Waals surface area contributed by atoms with E-state index in [-0.39, 0.29) is 5.92 Å². The van der Waals surface area contributed by atoms with Gasteiger partial charge in [0.2, 0.25) is 0 Å². The van der Waals surface area contributed by atoms with Gasteiger partial charge >= 0.3 is 0 Å². The normalized spacial score (nSPS) is 10.9. The Morgan fingerprint density at radius 2 is 1.95 bits per heavy atom. The Morgan fingerprint density at radius 1 is 1.25 bits per heavy atom. The molecule has 0 aliphatic rings. The molecular weight excluding hydrogens is 274 g/mol. The fraction of sp³-hybridized carbons (Fsp3) is 0.333. The molecule has 20 heavy (non-hydrogen) atoms. The van der Waals surface area contributed by atoms with Crippen LogP contribution in [0.2, 0.25) is 5.02 Å². The number of hydrogen-bond donors (Lipinski definition) is 1. The van der Waals surface area contributed by atoms with E-state index in [0.29, 0.717) is 28.0 Å². The smallest absolute Gasteiger partial charge is 0.167 e. The topological polar surface area (TPSA) is 61.0 Å². The average Bonchev–Trinajstić information content (AvgIpc) is 2.36. The largest absolute Gasteiger partial charge is 0.496 e. The van der Waals surface area contributed by atoms with Crippen molar-refractivity contribution in [3.05, 3.63) is 34.5 Å². The number of methoxy groups -OCH3 is 1. The van der Waals surface area contributed by atoms with Crippen molar-refractivity contribution in [1.82, 2.24) is 9.97 Å². The third-order valence-corrected chi connectivity index (χ3v) is 3.48. The molecule has 2 N–H and O–H groups in total. The summed E-state index contributed by atoms with van der Waals surface area (Å²) in [7, 11) is 1.59. The van der Waals surface area contributed by atoms with E-state index in [4.69, 9.17) is 22.1 Å². The van der Waals surface area contributed by atoms with Crippen molar-refractivity contribution in [2.75, 3.05) is 12.8 Å². The van der Waals surface area contributed by atoms with Crippen molar-refractivity contribution in [2.45, 2.75) is 26.7 Å². The lowest BCUT2D eigenvalue weighted by molar-refractivity contribution is 0.416. The number of aromatic nitrogens is 2. The predicted octanol–water partition coefficient (Wildman–Crippen LogP) is 3.82. The number of benzene rings is 1. The molecule has 1 heterocycles. The molecule has 1 aromatic carbocycles. The van der Waals surface area contributed by atoms with Crippen LogP contribution in [-0.4, -0.2) is 17.1 Å². The molecule has 2 aromatic rings. The highest BCUT2D eigenvalue weighted by Gasteiger charge is 2.17. The van der Waals surface area contributed by atoms with E-state index in [2.05, 4.69) is 23.8 Å². The molecule has 5 heteroatoms. The first-order valence-electron chi connectivity index (χ1n) is 6.42. The molecule has 0 saturated heterocycles. The van der Waals surface area contributed by atoms with E-state index in [9.17, 15) is 0 Å². The molecule has 0 spiro atoms. The Balaban J connectivity index is 2.66. The van der Waals surface area contributed by atoms with Gasteiger partial charge in [-0.2, -0.15) is 0 Å². The molecule has 0 radical (unpaired) electrons. The first-order valence-corrected chi connectivity index (χ1v) is 6.80. The third-order valence-electron chi connectivity index (χ3n) is 3.16. The van der Waals surface area contributed by atoms with Gasteiger partial charge in [0.05, 0.1) is 17.7 Å². The van der Waals surface area contributed by atoms with Crippen molar-refractivity contribution in [1.29, 1.82) is 0 Å². The molecule has 0 amide bonds. The van der Waals surface area contributed by atoms with Gasteiger partial charge < -0.3 is 10.5 Å². The van der Waals surface area contributed by atoms with Gasteiger partial charge in [-0.15, -0.1) is 0 Å². The summed E-state index contributed by atoms with van der Waals surface area (Å²) in [6, 6.07) is 5.43. The molecule has 0 bridgehead atoms. The average molecular weight is 292 g/mol. The zero-order chi connectivity index (χ0) is 14.9. The number of nitrogens with two attached hydrogens (primary N) is 1. The highest BCUT2D eigenvalue weighted by molar-refractivity contribution is 6.33. The number of nitrogens with zero attached hydrogens (tertiary/aromatic N) is 2. The first kappa shape index (κ1) is 14.6. The molecule has 2 rings (SSSR count). The summed E-state index contributed by atoms with van der Waals surface area (Å²) in [6.45, 7) is 6.07. The fourth-order valence-corrected chi connectivity index (χ4v) is 2.57. The van der Waals surface area contributed by atoms with E-state index >= 15 is 0 Å². The van der Waals surface area contributed by atoms with Crippen LogP contribution in [0.4, 0.5) is 5.82 Å². The minimum Gasteiger partial charge on any atom is -0.496 e. The Kier molecular flexibility index (Phi) is 4.14. The van der Waals surface area contributed by atoms with Gasteiger partial charge in [0.25, 0.3) is 0 Å². The summed E-state index contributed by atoms with van der Waals surface area (Å²) in [5.74, 6) is 1.89. The molecule has 4 nitrogen and oxygen atoms in total. The summed E-state index contributed by atoms with van der Waals surface area (Å²) in [4.78, 5) is 8.94. The highest BCUT2D eigenvalue weighted by Crippen LogP contribution is 2.36. The second-order valence-corrected chi connectivity index (χ2v) is 5.31. The van der Waals surface area contributed by atoms with Gasteiger partial charge in [-0.05, 0) is 25.0 Å². The second kappa shape index (κ2) is 5.67. The summed E-state index contributed by atoms with van der Waals surface area (Å²) in [6.07, 6.45) is 0. The Bertz CT molecular complexity index is 618. The van der Waals surface area contributed by atoms with Crippen LogP contribution in [0.3, 0.4) is 0 Å². The Labute approximate surface area is 124 Å². The zero-order valence-corrected chi connectivity index (χ0v) is 12.8. The maximum absolute atomic E-state index is 6.25. The van der Waals surface area contributed by atoms with Crippen LogP contribution >= 0.6 is 11.6 Å². The Hall–Kier alpha value is -1.81. The van der Waals surface area contributed by atoms with E-state index in [1.165, 1.54) is 0 Å². The molecule has 1 aromatic heterocycles. The SMILES string of the molecule is COc1cccc(Cl)c1-c1nc(C)c(C(C)C)c(N)n1. The highest BCUT2D eigenvalue weighted by atomic mass is 35.5. The molecule has 0 atom stereocenters. The van der Waals surface area contributed by atoms with Crippen LogP contribution in [0.5, 0.6) is 5.75 Å². The number of anilines is 1. The van der Waals surface area contributed by atoms with Crippen LogP contribution in [0, 0.1) is 6.92 Å². The van der Waals surface area contributed by atoms with Crippen LogP contribution in [0.25, 0.3) is 11.4 Å². The van der Waals surface area contributed by atoms with E-state index in [1.807, 2.05) is 19.1 Å².